The lowest BCUT2D eigenvalue weighted by molar-refractivity contribution is 0.0595. The lowest BCUT2D eigenvalue weighted by atomic mass is 10.1. The van der Waals surface area contributed by atoms with E-state index in [9.17, 15) is 17.6 Å². The number of esters is 1. The first-order chi connectivity index (χ1) is 15.2. The molecule has 32 heavy (non-hydrogen) atoms. The van der Waals surface area contributed by atoms with Crippen molar-refractivity contribution >= 4 is 38.9 Å². The Kier molecular flexibility index (Phi) is 7.34. The van der Waals surface area contributed by atoms with Crippen LogP contribution in [0.15, 0.2) is 40.7 Å². The van der Waals surface area contributed by atoms with E-state index in [-0.39, 0.29) is 22.0 Å². The van der Waals surface area contributed by atoms with Crippen LogP contribution in [0.3, 0.4) is 0 Å². The van der Waals surface area contributed by atoms with Crippen LogP contribution < -0.4 is 14.2 Å². The van der Waals surface area contributed by atoms with Crippen molar-refractivity contribution in [3.05, 3.63) is 57.8 Å². The summed E-state index contributed by atoms with van der Waals surface area (Å²) in [6.45, 7) is -0.214. The van der Waals surface area contributed by atoms with E-state index < -0.39 is 21.8 Å². The average Bonchev–Trinajstić information content (AvgIpc) is 3.31. The van der Waals surface area contributed by atoms with Gasteiger partial charge in [-0.3, -0.25) is 0 Å². The molecule has 1 heterocycles. The number of carbonyl (C=O) groups is 1. The van der Waals surface area contributed by atoms with Crippen LogP contribution in [0.4, 0.5) is 4.39 Å². The standard InChI is InChI=1S/C20H18ClFN2O6S2/c1-28-17-11(8-14(21)18(29-2)16(17)19-23-6-7-31-19)10-24-32(26,27)12-4-5-13(15(22)9-12)20(25)30-3/h4-9,24H,10H2,1-3H3. The molecule has 170 valence electrons. The lowest BCUT2D eigenvalue weighted by Gasteiger charge is -2.17. The van der Waals surface area contributed by atoms with Crippen molar-refractivity contribution in [2.24, 2.45) is 0 Å². The molecule has 12 heteroatoms. The average molecular weight is 501 g/mol. The number of sulfonamides is 1. The maximum Gasteiger partial charge on any atom is 0.340 e. The zero-order chi connectivity index (χ0) is 23.5. The van der Waals surface area contributed by atoms with E-state index in [0.29, 0.717) is 27.6 Å². The van der Waals surface area contributed by atoms with Crippen molar-refractivity contribution in [3.8, 4) is 22.1 Å². The van der Waals surface area contributed by atoms with Gasteiger partial charge in [-0.05, 0) is 24.3 Å². The number of rotatable bonds is 8. The summed E-state index contributed by atoms with van der Waals surface area (Å²) in [7, 11) is -0.156. The maximum absolute atomic E-state index is 14.2. The number of hydrogen-bond donors (Lipinski definition) is 1. The molecule has 0 atom stereocenters. The molecule has 0 bridgehead atoms. The number of ether oxygens (including phenoxy) is 3. The first kappa shape index (κ1) is 23.9. The molecule has 0 amide bonds. The summed E-state index contributed by atoms with van der Waals surface area (Å²) in [6.07, 6.45) is 1.61. The molecule has 0 saturated carbocycles. The molecule has 0 radical (unpaired) electrons. The van der Waals surface area contributed by atoms with E-state index in [4.69, 9.17) is 21.1 Å². The summed E-state index contributed by atoms with van der Waals surface area (Å²) in [5.41, 5.74) is 0.530. The van der Waals surface area contributed by atoms with Gasteiger partial charge in [0.05, 0.1) is 42.4 Å². The molecule has 0 fully saturated rings. The zero-order valence-corrected chi connectivity index (χ0v) is 19.5. The molecule has 3 rings (SSSR count). The van der Waals surface area contributed by atoms with E-state index in [1.807, 2.05) is 0 Å². The predicted molar refractivity (Wildman–Crippen MR) is 117 cm³/mol. The minimum Gasteiger partial charge on any atom is -0.496 e. The molecular formula is C20H18ClFN2O6S2. The summed E-state index contributed by atoms with van der Waals surface area (Å²) < 4.78 is 57.4. The molecule has 0 saturated heterocycles. The monoisotopic (exact) mass is 500 g/mol. The van der Waals surface area contributed by atoms with Crippen molar-refractivity contribution in [1.82, 2.24) is 9.71 Å². The Morgan fingerprint density at radius 2 is 1.91 bits per heavy atom. The number of nitrogens with zero attached hydrogens (tertiary/aromatic N) is 1. The van der Waals surface area contributed by atoms with Crippen LogP contribution in [0.5, 0.6) is 11.5 Å². The minimum absolute atomic E-state index is 0.214. The fourth-order valence-electron chi connectivity index (χ4n) is 2.97. The molecule has 0 aliphatic rings. The third-order valence-electron chi connectivity index (χ3n) is 4.43. The van der Waals surface area contributed by atoms with Gasteiger partial charge in [0.15, 0.2) is 5.75 Å². The largest absolute Gasteiger partial charge is 0.496 e. The Morgan fingerprint density at radius 3 is 2.47 bits per heavy atom. The third-order valence-corrected chi connectivity index (χ3v) is 6.90. The first-order valence-electron chi connectivity index (χ1n) is 8.94. The number of carbonyl (C=O) groups excluding carboxylic acids is 1. The number of benzene rings is 2. The van der Waals surface area contributed by atoms with Crippen LogP contribution in [0, 0.1) is 5.82 Å². The van der Waals surface area contributed by atoms with Crippen LogP contribution >= 0.6 is 22.9 Å². The van der Waals surface area contributed by atoms with E-state index in [1.165, 1.54) is 31.6 Å². The first-order valence-corrected chi connectivity index (χ1v) is 11.7. The van der Waals surface area contributed by atoms with Gasteiger partial charge in [0.2, 0.25) is 10.0 Å². The summed E-state index contributed by atoms with van der Waals surface area (Å²) in [5.74, 6) is -1.26. The number of methoxy groups -OCH3 is 3. The van der Waals surface area contributed by atoms with Gasteiger partial charge >= 0.3 is 5.97 Å². The topological polar surface area (TPSA) is 104 Å². The van der Waals surface area contributed by atoms with E-state index in [2.05, 4.69) is 14.4 Å². The number of thiazole rings is 1. The molecule has 1 N–H and O–H groups in total. The van der Waals surface area contributed by atoms with Crippen LogP contribution in [-0.4, -0.2) is 40.7 Å². The highest BCUT2D eigenvalue weighted by Gasteiger charge is 2.24. The van der Waals surface area contributed by atoms with E-state index in [1.54, 1.807) is 11.6 Å². The van der Waals surface area contributed by atoms with Gasteiger partial charge in [0.1, 0.15) is 16.6 Å². The van der Waals surface area contributed by atoms with Gasteiger partial charge in [-0.25, -0.2) is 27.3 Å². The molecule has 2 aromatic carbocycles. The fraction of sp³-hybridized carbons (Fsp3) is 0.200. The van der Waals surface area contributed by atoms with Gasteiger partial charge in [0.25, 0.3) is 0 Å². The van der Waals surface area contributed by atoms with Gasteiger partial charge in [0, 0.05) is 23.7 Å². The third kappa shape index (κ3) is 4.70. The Labute approximate surface area is 193 Å². The van der Waals surface area contributed by atoms with Crippen LogP contribution in [-0.2, 0) is 21.3 Å². The quantitative estimate of drug-likeness (QED) is 0.468. The molecule has 1 aromatic heterocycles. The zero-order valence-electron chi connectivity index (χ0n) is 17.1. The summed E-state index contributed by atoms with van der Waals surface area (Å²) in [5, 5.41) is 2.58. The Hall–Kier alpha value is -2.73. The fourth-order valence-corrected chi connectivity index (χ4v) is 4.96. The summed E-state index contributed by atoms with van der Waals surface area (Å²) in [6, 6.07) is 4.41. The number of halogens is 2. The van der Waals surface area contributed by atoms with Crippen molar-refractivity contribution in [3.63, 3.8) is 0 Å². The SMILES string of the molecule is COC(=O)c1ccc(S(=O)(=O)NCc2cc(Cl)c(OC)c(-c3nccs3)c2OC)cc1F. The summed E-state index contributed by atoms with van der Waals surface area (Å²) in [4.78, 5) is 15.4. The molecule has 3 aromatic rings. The second kappa shape index (κ2) is 9.82. The molecule has 0 aliphatic heterocycles. The highest BCUT2D eigenvalue weighted by atomic mass is 35.5. The van der Waals surface area contributed by atoms with Crippen LogP contribution in [0.1, 0.15) is 15.9 Å². The number of hydrogen-bond acceptors (Lipinski definition) is 8. The van der Waals surface area contributed by atoms with Crippen molar-refractivity contribution < 1.29 is 31.8 Å². The van der Waals surface area contributed by atoms with Gasteiger partial charge in [-0.2, -0.15) is 0 Å². The predicted octanol–water partition coefficient (Wildman–Crippen LogP) is 3.88. The van der Waals surface area contributed by atoms with Gasteiger partial charge in [-0.15, -0.1) is 11.3 Å². The van der Waals surface area contributed by atoms with E-state index >= 15 is 0 Å². The molecule has 0 unspecified atom stereocenters. The normalized spacial score (nSPS) is 11.3. The Bertz CT molecular complexity index is 1250. The molecule has 0 aliphatic carbocycles. The smallest absolute Gasteiger partial charge is 0.340 e. The molecule has 0 spiro atoms. The van der Waals surface area contributed by atoms with Gasteiger partial charge in [-0.1, -0.05) is 11.6 Å². The van der Waals surface area contributed by atoms with Gasteiger partial charge < -0.3 is 14.2 Å². The second-order valence-electron chi connectivity index (χ2n) is 6.25. The second-order valence-corrected chi connectivity index (χ2v) is 9.32. The maximum atomic E-state index is 14.2. The van der Waals surface area contributed by atoms with Crippen molar-refractivity contribution in [2.45, 2.75) is 11.4 Å². The minimum atomic E-state index is -4.14. The molecule has 8 nitrogen and oxygen atoms in total. The Morgan fingerprint density at radius 1 is 1.19 bits per heavy atom. The van der Waals surface area contributed by atoms with E-state index in [0.717, 1.165) is 25.3 Å². The van der Waals surface area contributed by atoms with Crippen molar-refractivity contribution in [2.75, 3.05) is 21.3 Å². The summed E-state index contributed by atoms with van der Waals surface area (Å²) >= 11 is 7.69. The van der Waals surface area contributed by atoms with Crippen molar-refractivity contribution in [1.29, 1.82) is 0 Å². The van der Waals surface area contributed by atoms with Crippen LogP contribution in [0.25, 0.3) is 10.6 Å². The van der Waals surface area contributed by atoms with Crippen LogP contribution in [0.2, 0.25) is 5.02 Å². The Balaban J connectivity index is 1.96. The number of aromatic nitrogens is 1. The highest BCUT2D eigenvalue weighted by Crippen LogP contribution is 2.46. The lowest BCUT2D eigenvalue weighted by Crippen LogP contribution is -2.24. The highest BCUT2D eigenvalue weighted by molar-refractivity contribution is 7.89. The molecular weight excluding hydrogens is 483 g/mol. The number of nitrogens with one attached hydrogen (secondary N) is 1.